The number of halogens is 2. The minimum Gasteiger partial charge on any atom is -0.311 e. The van der Waals surface area contributed by atoms with Crippen molar-refractivity contribution in [2.75, 3.05) is 13.1 Å². The van der Waals surface area contributed by atoms with Crippen molar-refractivity contribution in [2.24, 2.45) is 0 Å². The van der Waals surface area contributed by atoms with E-state index in [1.807, 2.05) is 6.07 Å². The van der Waals surface area contributed by atoms with Crippen molar-refractivity contribution in [1.82, 2.24) is 10.2 Å². The third kappa shape index (κ3) is 3.16. The molecule has 2 nitrogen and oxygen atoms in total. The predicted molar refractivity (Wildman–Crippen MR) is 82.6 cm³/mol. The standard InChI is InChI=1S/C16H24ClFN2/c1-4-16(5-2)11-19-12(3)9-20(16)10-13-6-7-14(17)15(18)8-13/h6-8,12,19H,4-5,9-11H2,1-3H3. The van der Waals surface area contributed by atoms with E-state index in [-0.39, 0.29) is 16.4 Å². The summed E-state index contributed by atoms with van der Waals surface area (Å²) in [5, 5.41) is 3.77. The van der Waals surface area contributed by atoms with Gasteiger partial charge in [-0.25, -0.2) is 4.39 Å². The first kappa shape index (κ1) is 15.7. The molecule has 0 bridgehead atoms. The fourth-order valence-corrected chi connectivity index (χ4v) is 3.22. The van der Waals surface area contributed by atoms with E-state index in [0.29, 0.717) is 6.04 Å². The zero-order valence-corrected chi connectivity index (χ0v) is 13.3. The van der Waals surface area contributed by atoms with E-state index in [4.69, 9.17) is 11.6 Å². The fraction of sp³-hybridized carbons (Fsp3) is 0.625. The van der Waals surface area contributed by atoms with Crippen molar-refractivity contribution in [3.05, 3.63) is 34.6 Å². The Morgan fingerprint density at radius 1 is 1.40 bits per heavy atom. The molecule has 2 rings (SSSR count). The van der Waals surface area contributed by atoms with Crippen LogP contribution in [0.1, 0.15) is 39.2 Å². The Hall–Kier alpha value is -0.640. The van der Waals surface area contributed by atoms with Gasteiger partial charge in [0, 0.05) is 31.2 Å². The molecule has 1 heterocycles. The molecule has 1 N–H and O–H groups in total. The lowest BCUT2D eigenvalue weighted by Crippen LogP contribution is -2.63. The van der Waals surface area contributed by atoms with E-state index in [2.05, 4.69) is 31.0 Å². The van der Waals surface area contributed by atoms with Gasteiger partial charge in [-0.05, 0) is 37.5 Å². The topological polar surface area (TPSA) is 15.3 Å². The first-order chi connectivity index (χ1) is 9.50. The second-order valence-electron chi connectivity index (χ2n) is 5.84. The molecule has 4 heteroatoms. The highest BCUT2D eigenvalue weighted by Gasteiger charge is 2.37. The van der Waals surface area contributed by atoms with Crippen LogP contribution in [-0.4, -0.2) is 29.6 Å². The smallest absolute Gasteiger partial charge is 0.142 e. The summed E-state index contributed by atoms with van der Waals surface area (Å²) in [5.41, 5.74) is 1.16. The maximum absolute atomic E-state index is 13.6. The highest BCUT2D eigenvalue weighted by atomic mass is 35.5. The average molecular weight is 299 g/mol. The number of hydrogen-bond acceptors (Lipinski definition) is 2. The summed E-state index contributed by atoms with van der Waals surface area (Å²) < 4.78 is 13.6. The SMILES string of the molecule is CCC1(CC)CNC(C)CN1Cc1ccc(Cl)c(F)c1. The molecule has 1 aliphatic heterocycles. The Labute approximate surface area is 126 Å². The van der Waals surface area contributed by atoms with E-state index < -0.39 is 0 Å². The molecule has 0 aliphatic carbocycles. The van der Waals surface area contributed by atoms with Gasteiger partial charge in [-0.3, -0.25) is 4.90 Å². The summed E-state index contributed by atoms with van der Waals surface area (Å²) in [6.45, 7) is 9.43. The van der Waals surface area contributed by atoms with Crippen molar-refractivity contribution in [3.63, 3.8) is 0 Å². The second kappa shape index (κ2) is 6.42. The van der Waals surface area contributed by atoms with Crippen LogP contribution in [0.2, 0.25) is 5.02 Å². The maximum Gasteiger partial charge on any atom is 0.142 e. The Morgan fingerprint density at radius 3 is 2.70 bits per heavy atom. The molecular formula is C16H24ClFN2. The summed E-state index contributed by atoms with van der Waals surface area (Å²) in [4.78, 5) is 2.50. The highest BCUT2D eigenvalue weighted by molar-refractivity contribution is 6.30. The highest BCUT2D eigenvalue weighted by Crippen LogP contribution is 2.29. The lowest BCUT2D eigenvalue weighted by atomic mass is 9.87. The average Bonchev–Trinajstić information content (AvgIpc) is 2.44. The van der Waals surface area contributed by atoms with Crippen molar-refractivity contribution >= 4 is 11.6 Å². The van der Waals surface area contributed by atoms with E-state index in [0.717, 1.165) is 38.0 Å². The quantitative estimate of drug-likeness (QED) is 0.909. The molecule has 1 aromatic carbocycles. The monoisotopic (exact) mass is 298 g/mol. The molecule has 0 radical (unpaired) electrons. The molecule has 1 saturated heterocycles. The van der Waals surface area contributed by atoms with Crippen LogP contribution in [0, 0.1) is 5.82 Å². The van der Waals surface area contributed by atoms with Crippen LogP contribution in [0.25, 0.3) is 0 Å². The molecule has 0 amide bonds. The number of piperazine rings is 1. The van der Waals surface area contributed by atoms with Crippen LogP contribution < -0.4 is 5.32 Å². The van der Waals surface area contributed by atoms with Crippen molar-refractivity contribution in [1.29, 1.82) is 0 Å². The van der Waals surface area contributed by atoms with Gasteiger partial charge in [-0.2, -0.15) is 0 Å². The van der Waals surface area contributed by atoms with Gasteiger partial charge in [0.2, 0.25) is 0 Å². The van der Waals surface area contributed by atoms with Crippen LogP contribution in [0.5, 0.6) is 0 Å². The fourth-order valence-electron chi connectivity index (χ4n) is 3.10. The Kier molecular flexibility index (Phi) is 5.05. The molecule has 1 fully saturated rings. The molecule has 1 atom stereocenters. The van der Waals surface area contributed by atoms with Crippen LogP contribution in [0.4, 0.5) is 4.39 Å². The Balaban J connectivity index is 2.20. The van der Waals surface area contributed by atoms with Crippen LogP contribution >= 0.6 is 11.6 Å². The van der Waals surface area contributed by atoms with Gasteiger partial charge >= 0.3 is 0 Å². The lowest BCUT2D eigenvalue weighted by Gasteiger charge is -2.49. The summed E-state index contributed by atoms with van der Waals surface area (Å²) in [6, 6.07) is 5.61. The third-order valence-electron chi connectivity index (χ3n) is 4.62. The van der Waals surface area contributed by atoms with E-state index in [1.54, 1.807) is 12.1 Å². The van der Waals surface area contributed by atoms with Gasteiger partial charge in [0.1, 0.15) is 5.82 Å². The number of benzene rings is 1. The van der Waals surface area contributed by atoms with Crippen molar-refractivity contribution < 1.29 is 4.39 Å². The van der Waals surface area contributed by atoms with Gasteiger partial charge in [0.25, 0.3) is 0 Å². The minimum absolute atomic E-state index is 0.169. The van der Waals surface area contributed by atoms with Crippen LogP contribution in [-0.2, 0) is 6.54 Å². The molecule has 0 aromatic heterocycles. The molecule has 0 saturated carbocycles. The molecule has 112 valence electrons. The molecule has 1 aliphatic rings. The van der Waals surface area contributed by atoms with Gasteiger partial charge in [-0.15, -0.1) is 0 Å². The summed E-state index contributed by atoms with van der Waals surface area (Å²) in [6.07, 6.45) is 2.19. The second-order valence-corrected chi connectivity index (χ2v) is 6.25. The largest absolute Gasteiger partial charge is 0.311 e. The number of nitrogens with one attached hydrogen (secondary N) is 1. The van der Waals surface area contributed by atoms with Gasteiger partial charge in [0.15, 0.2) is 0 Å². The van der Waals surface area contributed by atoms with Crippen molar-refractivity contribution in [3.8, 4) is 0 Å². The number of nitrogens with zero attached hydrogens (tertiary/aromatic N) is 1. The lowest BCUT2D eigenvalue weighted by molar-refractivity contribution is 0.0278. The minimum atomic E-state index is -0.328. The zero-order valence-electron chi connectivity index (χ0n) is 12.5. The summed E-state index contributed by atoms with van der Waals surface area (Å²) >= 11 is 5.76. The Bertz CT molecular complexity index is 460. The first-order valence-corrected chi connectivity index (χ1v) is 7.81. The van der Waals surface area contributed by atoms with E-state index in [1.165, 1.54) is 0 Å². The van der Waals surface area contributed by atoms with E-state index >= 15 is 0 Å². The van der Waals surface area contributed by atoms with Crippen LogP contribution in [0.15, 0.2) is 18.2 Å². The van der Waals surface area contributed by atoms with Crippen LogP contribution in [0.3, 0.4) is 0 Å². The number of hydrogen-bond donors (Lipinski definition) is 1. The van der Waals surface area contributed by atoms with Gasteiger partial charge < -0.3 is 5.32 Å². The van der Waals surface area contributed by atoms with Gasteiger partial charge in [-0.1, -0.05) is 31.5 Å². The molecular weight excluding hydrogens is 275 g/mol. The normalized spacial score (nSPS) is 22.9. The maximum atomic E-state index is 13.6. The van der Waals surface area contributed by atoms with Crippen molar-refractivity contribution in [2.45, 2.75) is 51.7 Å². The zero-order chi connectivity index (χ0) is 14.8. The Morgan fingerprint density at radius 2 is 2.10 bits per heavy atom. The summed E-state index contributed by atoms with van der Waals surface area (Å²) in [5.74, 6) is -0.328. The third-order valence-corrected chi connectivity index (χ3v) is 4.92. The molecule has 20 heavy (non-hydrogen) atoms. The van der Waals surface area contributed by atoms with E-state index in [9.17, 15) is 4.39 Å². The first-order valence-electron chi connectivity index (χ1n) is 7.43. The molecule has 1 aromatic rings. The predicted octanol–water partition coefficient (Wildman–Crippen LogP) is 3.83. The summed E-state index contributed by atoms with van der Waals surface area (Å²) in [7, 11) is 0. The molecule has 0 spiro atoms. The number of rotatable bonds is 4. The van der Waals surface area contributed by atoms with Gasteiger partial charge in [0.05, 0.1) is 5.02 Å². The molecule has 1 unspecified atom stereocenters.